The van der Waals surface area contributed by atoms with Crippen LogP contribution in [0.5, 0.6) is 0 Å². The first-order valence-electron chi connectivity index (χ1n) is 28.0. The number of nitro groups is 1. The Bertz CT molecular complexity index is 2200. The maximum Gasteiger partial charge on any atom is 0.282 e. The minimum absolute atomic E-state index is 0.0627. The van der Waals surface area contributed by atoms with Gasteiger partial charge in [-0.3, -0.25) is 53.3 Å². The highest BCUT2D eigenvalue weighted by atomic mass is 16.6. The Labute approximate surface area is 460 Å². The van der Waals surface area contributed by atoms with E-state index in [1.54, 1.807) is 13.8 Å². The van der Waals surface area contributed by atoms with Crippen molar-refractivity contribution in [3.63, 3.8) is 0 Å². The molecule has 0 aliphatic carbocycles. The number of nitro benzene ring substituents is 1. The number of amides is 5. The summed E-state index contributed by atoms with van der Waals surface area (Å²) in [7, 11) is 1.38. The molecule has 0 aliphatic heterocycles. The molecule has 0 saturated heterocycles. The molecule has 22 nitrogen and oxygen atoms in total. The van der Waals surface area contributed by atoms with Crippen molar-refractivity contribution in [2.75, 3.05) is 20.3 Å². The Balaban J connectivity index is 3.33. The van der Waals surface area contributed by atoms with E-state index in [1.807, 2.05) is 13.8 Å². The van der Waals surface area contributed by atoms with Crippen molar-refractivity contribution in [2.24, 2.45) is 46.4 Å². The van der Waals surface area contributed by atoms with Crippen LogP contribution in [0.1, 0.15) is 194 Å². The summed E-state index contributed by atoms with van der Waals surface area (Å²) >= 11 is 0. The van der Waals surface area contributed by atoms with Crippen LogP contribution < -0.4 is 21.7 Å². The summed E-state index contributed by atoms with van der Waals surface area (Å²) in [4.78, 5) is 137. The van der Waals surface area contributed by atoms with Gasteiger partial charge in [0.1, 0.15) is 5.56 Å². The Morgan fingerprint density at radius 1 is 0.654 bits per heavy atom. The zero-order valence-electron chi connectivity index (χ0n) is 47.8. The number of hydrogen-bond donors (Lipinski definition) is 6. The molecule has 5 amide bonds. The number of rotatable bonds is 43. The van der Waals surface area contributed by atoms with Crippen molar-refractivity contribution in [3.05, 3.63) is 44.3 Å². The number of nitrogens with two attached hydrogens (primary N) is 1. The number of carbonyl (C=O) groups excluding carboxylic acids is 9. The molecule has 1 aromatic rings. The molecule has 0 saturated carbocycles. The Kier molecular flexibility index (Phi) is 33.7. The highest BCUT2D eigenvalue weighted by Gasteiger charge is 2.37. The SMILES string of the molecule is CCCCCCCCC(NC(=O)c1cc(N=[N+]=[N-])ccc1[N+](=O)[O-])C(=O)CC(CO)C(=O)NC(CC(C)C)C(=O)CC(CO)C(=O)N(C)C(CC(C)C)C(=O)CC(C)C(=O)NC(CCCCCCCC)C(=O)CC(C)C(N)=O. The van der Waals surface area contributed by atoms with E-state index >= 15 is 0 Å². The van der Waals surface area contributed by atoms with Crippen LogP contribution in [0.3, 0.4) is 0 Å². The molecule has 7 N–H and O–H groups in total. The molecule has 0 aliphatic rings. The van der Waals surface area contributed by atoms with Gasteiger partial charge in [0.25, 0.3) is 11.6 Å². The quantitative estimate of drug-likeness (QED) is 0.00907. The molecule has 78 heavy (non-hydrogen) atoms. The fourth-order valence-electron chi connectivity index (χ4n) is 9.15. The lowest BCUT2D eigenvalue weighted by molar-refractivity contribution is -0.385. The fraction of sp³-hybridized carbons (Fsp3) is 0.732. The van der Waals surface area contributed by atoms with Crippen molar-refractivity contribution < 1.29 is 58.3 Å². The molecule has 0 heterocycles. The van der Waals surface area contributed by atoms with Crippen LogP contribution in [0.25, 0.3) is 10.4 Å². The third-order valence-corrected chi connectivity index (χ3v) is 14.0. The fourth-order valence-corrected chi connectivity index (χ4v) is 9.15. The van der Waals surface area contributed by atoms with Gasteiger partial charge >= 0.3 is 0 Å². The highest BCUT2D eigenvalue weighted by molar-refractivity contribution is 6.02. The van der Waals surface area contributed by atoms with Crippen molar-refractivity contribution in [1.82, 2.24) is 20.9 Å². The predicted molar refractivity (Wildman–Crippen MR) is 296 cm³/mol. The van der Waals surface area contributed by atoms with Gasteiger partial charge in [-0.15, -0.1) is 0 Å². The second kappa shape index (κ2) is 37.7. The van der Waals surface area contributed by atoms with Gasteiger partial charge in [0.05, 0.1) is 54.1 Å². The van der Waals surface area contributed by atoms with Gasteiger partial charge in [0, 0.05) is 61.2 Å². The molecule has 22 heteroatoms. The maximum absolute atomic E-state index is 14.2. The zero-order valence-corrected chi connectivity index (χ0v) is 47.8. The van der Waals surface area contributed by atoms with Crippen LogP contribution in [-0.2, 0) is 38.4 Å². The van der Waals surface area contributed by atoms with Gasteiger partial charge < -0.3 is 36.8 Å². The summed E-state index contributed by atoms with van der Waals surface area (Å²) < 4.78 is 0. The first-order valence-corrected chi connectivity index (χ1v) is 28.0. The number of nitrogens with one attached hydrogen (secondary N) is 3. The lowest BCUT2D eigenvalue weighted by Gasteiger charge is -2.32. The number of hydrogen-bond acceptors (Lipinski definition) is 14. The first kappa shape index (κ1) is 69.9. The standard InChI is InChI=1S/C56H91N9O13/c1-10-12-14-16-18-20-22-43(48(68)28-37(7)52(57)72)59-53(73)38(8)29-51(71)47(27-36(5)6)64(9)56(76)40(34-67)31-50(70)45(26-35(3)4)61-54(74)39(33-66)30-49(69)44(23-21-19-17-15-13-11-2)60-55(75)42-32-41(62-63-58)24-25-46(42)65(77)78/h24-25,32,35-40,43-45,47,66-67H,10-23,26-31,33-34H2,1-9H3,(H2,57,72)(H,59,73)(H,60,75)(H,61,74). The number of carbonyl (C=O) groups is 9. The summed E-state index contributed by atoms with van der Waals surface area (Å²) in [5.74, 6) is -10.7. The molecular formula is C56H91N9O13. The summed E-state index contributed by atoms with van der Waals surface area (Å²) in [6.45, 7) is 12.8. The minimum Gasteiger partial charge on any atom is -0.396 e. The predicted octanol–water partition coefficient (Wildman–Crippen LogP) is 7.84. The van der Waals surface area contributed by atoms with E-state index in [1.165, 1.54) is 20.9 Å². The van der Waals surface area contributed by atoms with E-state index in [4.69, 9.17) is 11.3 Å². The second-order valence-corrected chi connectivity index (χ2v) is 21.8. The summed E-state index contributed by atoms with van der Waals surface area (Å²) in [6.07, 6.45) is 9.68. The van der Waals surface area contributed by atoms with Crippen molar-refractivity contribution >= 4 is 64.0 Å². The van der Waals surface area contributed by atoms with Gasteiger partial charge in [-0.05, 0) is 55.2 Å². The number of Topliss-reactive ketones (excluding diaryl/α,β-unsaturated/α-hetero) is 4. The molecule has 1 rings (SSSR count). The number of nitrogens with zero attached hydrogens (tertiary/aromatic N) is 5. The van der Waals surface area contributed by atoms with Gasteiger partial charge in [-0.2, -0.15) is 0 Å². The topological polar surface area (TPSA) is 351 Å². The lowest BCUT2D eigenvalue weighted by atomic mass is 9.89. The van der Waals surface area contributed by atoms with Crippen LogP contribution in [0.4, 0.5) is 11.4 Å². The number of likely N-dealkylation sites (N-methyl/N-ethyl adjacent to an activating group) is 1. The Morgan fingerprint density at radius 2 is 1.13 bits per heavy atom. The normalized spacial score (nSPS) is 14.4. The summed E-state index contributed by atoms with van der Waals surface area (Å²) in [5.41, 5.74) is 13.2. The van der Waals surface area contributed by atoms with E-state index in [0.717, 1.165) is 80.9 Å². The number of ketones is 4. The average molecular weight is 1100 g/mol. The molecule has 8 unspecified atom stereocenters. The summed E-state index contributed by atoms with van der Waals surface area (Å²) in [5, 5.41) is 44.3. The van der Waals surface area contributed by atoms with Crippen LogP contribution in [-0.4, -0.2) is 117 Å². The number of aliphatic hydroxyl groups excluding tert-OH is 2. The van der Waals surface area contributed by atoms with E-state index < -0.39 is 137 Å². The van der Waals surface area contributed by atoms with Crippen molar-refractivity contribution in [1.29, 1.82) is 0 Å². The first-order chi connectivity index (χ1) is 36.9. The molecule has 8 atom stereocenters. The smallest absolute Gasteiger partial charge is 0.282 e. The van der Waals surface area contributed by atoms with E-state index in [9.17, 15) is 63.5 Å². The monoisotopic (exact) mass is 1100 g/mol. The minimum atomic E-state index is -1.42. The molecule has 1 aromatic carbocycles. The average Bonchev–Trinajstić information content (AvgIpc) is 3.38. The highest BCUT2D eigenvalue weighted by Crippen LogP contribution is 2.26. The van der Waals surface area contributed by atoms with Gasteiger partial charge in [-0.1, -0.05) is 138 Å². The second-order valence-electron chi connectivity index (χ2n) is 21.8. The number of benzene rings is 1. The molecule has 0 fully saturated rings. The molecule has 0 radical (unpaired) electrons. The number of unbranched alkanes of at least 4 members (excludes halogenated alkanes) is 10. The van der Waals surface area contributed by atoms with Crippen LogP contribution in [0, 0.1) is 45.6 Å². The Morgan fingerprint density at radius 3 is 1.63 bits per heavy atom. The number of aliphatic hydroxyl groups is 2. The summed E-state index contributed by atoms with van der Waals surface area (Å²) in [6, 6.07) is -1.30. The van der Waals surface area contributed by atoms with Crippen LogP contribution >= 0.6 is 0 Å². The molecule has 0 aromatic heterocycles. The van der Waals surface area contributed by atoms with Crippen molar-refractivity contribution in [2.45, 2.75) is 208 Å². The van der Waals surface area contributed by atoms with Crippen LogP contribution in [0.15, 0.2) is 23.3 Å². The molecular weight excluding hydrogens is 1010 g/mol. The van der Waals surface area contributed by atoms with E-state index in [2.05, 4.69) is 39.8 Å². The van der Waals surface area contributed by atoms with Gasteiger partial charge in [0.2, 0.25) is 23.6 Å². The van der Waals surface area contributed by atoms with Gasteiger partial charge in [-0.25, -0.2) is 0 Å². The van der Waals surface area contributed by atoms with Crippen LogP contribution in [0.2, 0.25) is 0 Å². The van der Waals surface area contributed by atoms with E-state index in [0.29, 0.717) is 25.7 Å². The lowest BCUT2D eigenvalue weighted by Crippen LogP contribution is -2.50. The Hall–Kier alpha value is -6.12. The van der Waals surface area contributed by atoms with E-state index in [-0.39, 0.29) is 55.4 Å². The van der Waals surface area contributed by atoms with Crippen molar-refractivity contribution in [3.8, 4) is 0 Å². The number of azide groups is 1. The molecule has 438 valence electrons. The maximum atomic E-state index is 14.2. The zero-order chi connectivity index (χ0) is 59.1. The largest absolute Gasteiger partial charge is 0.396 e. The van der Waals surface area contributed by atoms with Gasteiger partial charge in [0.15, 0.2) is 23.1 Å². The molecule has 0 spiro atoms. The number of primary amides is 1. The molecule has 0 bridgehead atoms. The third kappa shape index (κ3) is 25.6. The third-order valence-electron chi connectivity index (χ3n) is 14.0.